The van der Waals surface area contributed by atoms with E-state index in [2.05, 4.69) is 4.72 Å². The Labute approximate surface area is 94.0 Å². The normalized spacial score (nSPS) is 11.9. The van der Waals surface area contributed by atoms with Gasteiger partial charge in [-0.15, -0.1) is 11.3 Å². The van der Waals surface area contributed by atoms with Gasteiger partial charge in [-0.25, -0.2) is 13.1 Å². The second-order valence-corrected chi connectivity index (χ2v) is 5.89. The molecule has 0 unspecified atom stereocenters. The number of hydrogen-bond acceptors (Lipinski definition) is 4. The lowest BCUT2D eigenvalue weighted by Crippen LogP contribution is -2.25. The largest absolute Gasteiger partial charge is 0.391 e. The van der Waals surface area contributed by atoms with Gasteiger partial charge in [0.15, 0.2) is 0 Å². The number of thiophene rings is 1. The smallest absolute Gasteiger partial charge is 0.242 e. The van der Waals surface area contributed by atoms with Crippen LogP contribution in [0.3, 0.4) is 0 Å². The molecule has 86 valence electrons. The van der Waals surface area contributed by atoms with Gasteiger partial charge in [-0.3, -0.25) is 0 Å². The van der Waals surface area contributed by atoms with Crippen LogP contribution in [-0.2, 0) is 16.6 Å². The Morgan fingerprint density at radius 1 is 1.53 bits per heavy atom. The van der Waals surface area contributed by atoms with E-state index in [0.29, 0.717) is 17.0 Å². The lowest BCUT2D eigenvalue weighted by Gasteiger charge is -2.06. The van der Waals surface area contributed by atoms with Gasteiger partial charge in [-0.1, -0.05) is 6.92 Å². The highest BCUT2D eigenvalue weighted by atomic mass is 32.2. The maximum atomic E-state index is 11.8. The molecule has 0 aromatic carbocycles. The van der Waals surface area contributed by atoms with Crippen LogP contribution in [0.5, 0.6) is 0 Å². The van der Waals surface area contributed by atoms with Crippen LogP contribution in [0, 0.1) is 6.92 Å². The van der Waals surface area contributed by atoms with Crippen molar-refractivity contribution in [3.63, 3.8) is 0 Å². The first-order valence-electron chi connectivity index (χ1n) is 4.70. The van der Waals surface area contributed by atoms with Gasteiger partial charge in [0.05, 0.1) is 11.5 Å². The number of aliphatic hydroxyl groups excluding tert-OH is 1. The lowest BCUT2D eigenvalue weighted by molar-refractivity contribution is 0.282. The number of aliphatic hydroxyl groups is 1. The summed E-state index contributed by atoms with van der Waals surface area (Å²) in [4.78, 5) is 0.736. The summed E-state index contributed by atoms with van der Waals surface area (Å²) in [7, 11) is -3.45. The minimum absolute atomic E-state index is 0.235. The maximum absolute atomic E-state index is 11.8. The molecule has 0 aliphatic rings. The van der Waals surface area contributed by atoms with E-state index in [9.17, 15) is 8.42 Å². The molecule has 2 N–H and O–H groups in total. The highest BCUT2D eigenvalue weighted by Crippen LogP contribution is 2.26. The van der Waals surface area contributed by atoms with Gasteiger partial charge in [0.25, 0.3) is 0 Å². The fourth-order valence-electron chi connectivity index (χ4n) is 1.27. The third-order valence-corrected chi connectivity index (χ3v) is 4.85. The molecule has 1 rings (SSSR count). The molecule has 0 bridgehead atoms. The Morgan fingerprint density at radius 3 is 2.73 bits per heavy atom. The molecule has 0 amide bonds. The summed E-state index contributed by atoms with van der Waals surface area (Å²) in [5, 5.41) is 10.8. The quantitative estimate of drug-likeness (QED) is 0.825. The van der Waals surface area contributed by atoms with Crippen molar-refractivity contribution in [3.05, 3.63) is 15.8 Å². The first-order chi connectivity index (χ1) is 7.03. The van der Waals surface area contributed by atoms with E-state index in [1.165, 1.54) is 11.3 Å². The second-order valence-electron chi connectivity index (χ2n) is 3.23. The van der Waals surface area contributed by atoms with Crippen molar-refractivity contribution in [3.8, 4) is 0 Å². The molecule has 0 radical (unpaired) electrons. The fourth-order valence-corrected chi connectivity index (χ4v) is 4.06. The minimum Gasteiger partial charge on any atom is -0.391 e. The van der Waals surface area contributed by atoms with Gasteiger partial charge in [-0.05, 0) is 24.3 Å². The summed E-state index contributed by atoms with van der Waals surface area (Å²) < 4.78 is 26.2. The molecule has 4 nitrogen and oxygen atoms in total. The predicted octanol–water partition coefficient (Wildman–Crippen LogP) is 1.24. The van der Waals surface area contributed by atoms with Crippen LogP contribution in [0.4, 0.5) is 0 Å². The van der Waals surface area contributed by atoms with E-state index < -0.39 is 10.0 Å². The molecule has 0 aliphatic heterocycles. The standard InChI is InChI=1S/C9H15NO3S2/c1-3-4-10-15(12,13)9-7(2)6-14-8(9)5-11/h6,10-11H,3-5H2,1-2H3. The van der Waals surface area contributed by atoms with E-state index in [0.717, 1.165) is 6.42 Å². The average Bonchev–Trinajstić information content (AvgIpc) is 2.57. The van der Waals surface area contributed by atoms with Crippen molar-refractivity contribution >= 4 is 21.4 Å². The molecule has 0 atom stereocenters. The molecule has 1 aromatic rings. The summed E-state index contributed by atoms with van der Waals surface area (Å²) in [6.07, 6.45) is 0.747. The highest BCUT2D eigenvalue weighted by Gasteiger charge is 2.21. The molecule has 0 saturated heterocycles. The van der Waals surface area contributed by atoms with E-state index in [-0.39, 0.29) is 11.5 Å². The molecule has 0 fully saturated rings. The number of aryl methyl sites for hydroxylation is 1. The van der Waals surface area contributed by atoms with Crippen LogP contribution in [0.25, 0.3) is 0 Å². The number of nitrogens with one attached hydrogen (secondary N) is 1. The third kappa shape index (κ3) is 2.78. The lowest BCUT2D eigenvalue weighted by atomic mass is 10.3. The van der Waals surface area contributed by atoms with Crippen molar-refractivity contribution in [1.82, 2.24) is 4.72 Å². The average molecular weight is 249 g/mol. The van der Waals surface area contributed by atoms with Gasteiger partial charge >= 0.3 is 0 Å². The Hall–Kier alpha value is -0.430. The molecule has 15 heavy (non-hydrogen) atoms. The topological polar surface area (TPSA) is 66.4 Å². The maximum Gasteiger partial charge on any atom is 0.242 e. The van der Waals surface area contributed by atoms with Crippen LogP contribution in [0.2, 0.25) is 0 Å². The fraction of sp³-hybridized carbons (Fsp3) is 0.556. The van der Waals surface area contributed by atoms with Crippen LogP contribution >= 0.6 is 11.3 Å². The molecule has 0 saturated carbocycles. The summed E-state index contributed by atoms with van der Waals surface area (Å²) in [6.45, 7) is 3.81. The van der Waals surface area contributed by atoms with Crippen LogP contribution < -0.4 is 4.72 Å². The monoisotopic (exact) mass is 249 g/mol. The Morgan fingerprint density at radius 2 is 2.20 bits per heavy atom. The number of hydrogen-bond donors (Lipinski definition) is 2. The molecule has 0 spiro atoms. The predicted molar refractivity (Wildman–Crippen MR) is 60.5 cm³/mol. The van der Waals surface area contributed by atoms with E-state index in [1.807, 2.05) is 6.92 Å². The Balaban J connectivity index is 3.08. The van der Waals surface area contributed by atoms with Crippen molar-refractivity contribution in [2.45, 2.75) is 31.8 Å². The molecule has 0 aliphatic carbocycles. The summed E-state index contributed by atoms with van der Waals surface area (Å²) in [5.41, 5.74) is 0.688. The Kier molecular flexibility index (Phi) is 4.27. The number of rotatable bonds is 5. The van der Waals surface area contributed by atoms with Crippen LogP contribution in [-0.4, -0.2) is 20.1 Å². The summed E-state index contributed by atoms with van der Waals surface area (Å²) in [5.74, 6) is 0. The summed E-state index contributed by atoms with van der Waals surface area (Å²) >= 11 is 1.27. The zero-order valence-corrected chi connectivity index (χ0v) is 10.4. The first kappa shape index (κ1) is 12.6. The minimum atomic E-state index is -3.45. The molecular formula is C9H15NO3S2. The zero-order chi connectivity index (χ0) is 11.5. The van der Waals surface area contributed by atoms with Crippen molar-refractivity contribution < 1.29 is 13.5 Å². The van der Waals surface area contributed by atoms with E-state index in [1.54, 1.807) is 12.3 Å². The van der Waals surface area contributed by atoms with Gasteiger partial charge in [0.1, 0.15) is 4.90 Å². The summed E-state index contributed by atoms with van der Waals surface area (Å²) in [6, 6.07) is 0. The van der Waals surface area contributed by atoms with Gasteiger partial charge < -0.3 is 5.11 Å². The van der Waals surface area contributed by atoms with Gasteiger partial charge in [-0.2, -0.15) is 0 Å². The number of sulfonamides is 1. The zero-order valence-electron chi connectivity index (χ0n) is 8.78. The molecular weight excluding hydrogens is 234 g/mol. The first-order valence-corrected chi connectivity index (χ1v) is 7.06. The SMILES string of the molecule is CCCNS(=O)(=O)c1c(C)csc1CO. The van der Waals surface area contributed by atoms with Crippen molar-refractivity contribution in [1.29, 1.82) is 0 Å². The van der Waals surface area contributed by atoms with Crippen molar-refractivity contribution in [2.75, 3.05) is 6.54 Å². The highest BCUT2D eigenvalue weighted by molar-refractivity contribution is 7.89. The van der Waals surface area contributed by atoms with Crippen LogP contribution in [0.15, 0.2) is 10.3 Å². The van der Waals surface area contributed by atoms with E-state index >= 15 is 0 Å². The molecule has 6 heteroatoms. The Bertz CT molecular complexity index is 423. The second kappa shape index (κ2) is 5.07. The van der Waals surface area contributed by atoms with Crippen molar-refractivity contribution in [2.24, 2.45) is 0 Å². The van der Waals surface area contributed by atoms with E-state index in [4.69, 9.17) is 5.11 Å². The molecule has 1 heterocycles. The third-order valence-electron chi connectivity index (χ3n) is 1.94. The van der Waals surface area contributed by atoms with Crippen LogP contribution in [0.1, 0.15) is 23.8 Å². The van der Waals surface area contributed by atoms with Gasteiger partial charge in [0, 0.05) is 6.54 Å². The molecule has 1 aromatic heterocycles. The van der Waals surface area contributed by atoms with Gasteiger partial charge in [0.2, 0.25) is 10.0 Å².